The normalized spacial score (nSPS) is 19.9. The molecule has 1 aromatic rings. The molecule has 0 radical (unpaired) electrons. The summed E-state index contributed by atoms with van der Waals surface area (Å²) in [5.41, 5.74) is 2.44. The third-order valence-corrected chi connectivity index (χ3v) is 4.27. The molecule has 1 aliphatic heterocycles. The molecule has 1 aliphatic rings. The van der Waals surface area contributed by atoms with Gasteiger partial charge in [0.25, 0.3) is 0 Å². The van der Waals surface area contributed by atoms with Crippen LogP contribution in [0.2, 0.25) is 5.02 Å². The number of nitrogens with zero attached hydrogens (tertiary/aromatic N) is 1. The molecule has 2 rings (SSSR count). The average molecular weight is 311 g/mol. The molecule has 0 bridgehead atoms. The molecule has 4 heteroatoms. The van der Waals surface area contributed by atoms with Crippen molar-refractivity contribution in [2.45, 2.75) is 51.8 Å². The first-order chi connectivity index (χ1) is 9.89. The van der Waals surface area contributed by atoms with Crippen molar-refractivity contribution >= 4 is 17.3 Å². The predicted octanol–water partition coefficient (Wildman–Crippen LogP) is 3.84. The predicted molar refractivity (Wildman–Crippen MR) is 90.3 cm³/mol. The summed E-state index contributed by atoms with van der Waals surface area (Å²) in [6, 6.07) is 6.38. The summed E-state index contributed by atoms with van der Waals surface area (Å²) in [7, 11) is 1.79. The molecule has 0 spiro atoms. The molecular weight excluding hydrogens is 284 g/mol. The molecule has 1 heterocycles. The fourth-order valence-electron chi connectivity index (χ4n) is 2.60. The molecule has 0 aliphatic carbocycles. The number of methoxy groups -OCH3 is 1. The fraction of sp³-hybridized carbons (Fsp3) is 0.647. The van der Waals surface area contributed by atoms with Gasteiger partial charge in [0, 0.05) is 43.0 Å². The Bertz CT molecular complexity index is 470. The SMILES string of the molecule is COC1CCCN(c2ccc(CNC(C)(C)C)c(Cl)c2)C1. The molecule has 1 atom stereocenters. The smallest absolute Gasteiger partial charge is 0.0746 e. The van der Waals surface area contributed by atoms with Gasteiger partial charge in [-0.05, 0) is 51.3 Å². The Morgan fingerprint density at radius 3 is 2.76 bits per heavy atom. The maximum absolute atomic E-state index is 6.45. The van der Waals surface area contributed by atoms with Gasteiger partial charge >= 0.3 is 0 Å². The number of piperidine rings is 1. The first-order valence-corrected chi connectivity index (χ1v) is 8.08. The van der Waals surface area contributed by atoms with E-state index in [1.165, 1.54) is 12.1 Å². The lowest BCUT2D eigenvalue weighted by Gasteiger charge is -2.34. The Kier molecular flexibility index (Phi) is 5.53. The average Bonchev–Trinajstić information content (AvgIpc) is 2.45. The summed E-state index contributed by atoms with van der Waals surface area (Å²) >= 11 is 6.45. The van der Waals surface area contributed by atoms with Crippen molar-refractivity contribution in [3.63, 3.8) is 0 Å². The number of hydrogen-bond acceptors (Lipinski definition) is 3. The Labute approximate surface area is 133 Å². The van der Waals surface area contributed by atoms with Gasteiger partial charge in [-0.3, -0.25) is 0 Å². The lowest BCUT2D eigenvalue weighted by atomic mass is 10.1. The van der Waals surface area contributed by atoms with Crippen LogP contribution < -0.4 is 10.2 Å². The van der Waals surface area contributed by atoms with E-state index in [0.29, 0.717) is 6.10 Å². The van der Waals surface area contributed by atoms with Crippen molar-refractivity contribution in [1.82, 2.24) is 5.32 Å². The fourth-order valence-corrected chi connectivity index (χ4v) is 2.84. The Hall–Kier alpha value is -0.770. The van der Waals surface area contributed by atoms with Gasteiger partial charge in [0.05, 0.1) is 6.10 Å². The highest BCUT2D eigenvalue weighted by Gasteiger charge is 2.20. The highest BCUT2D eigenvalue weighted by Crippen LogP contribution is 2.27. The highest BCUT2D eigenvalue weighted by molar-refractivity contribution is 6.31. The van der Waals surface area contributed by atoms with Gasteiger partial charge in [0.1, 0.15) is 0 Å². The summed E-state index contributed by atoms with van der Waals surface area (Å²) in [5.74, 6) is 0. The molecular formula is C17H27ClN2O. The summed E-state index contributed by atoms with van der Waals surface area (Å²) in [5, 5.41) is 4.31. The maximum Gasteiger partial charge on any atom is 0.0746 e. The zero-order chi connectivity index (χ0) is 15.5. The minimum Gasteiger partial charge on any atom is -0.380 e. The zero-order valence-electron chi connectivity index (χ0n) is 13.6. The van der Waals surface area contributed by atoms with Crippen molar-refractivity contribution in [2.75, 3.05) is 25.1 Å². The number of benzene rings is 1. The molecule has 0 amide bonds. The van der Waals surface area contributed by atoms with E-state index in [9.17, 15) is 0 Å². The van der Waals surface area contributed by atoms with Crippen LogP contribution in [0.1, 0.15) is 39.2 Å². The lowest BCUT2D eigenvalue weighted by molar-refractivity contribution is 0.0893. The maximum atomic E-state index is 6.45. The van der Waals surface area contributed by atoms with Crippen LogP contribution in [0.3, 0.4) is 0 Å². The first kappa shape index (κ1) is 16.6. The Balaban J connectivity index is 2.04. The largest absolute Gasteiger partial charge is 0.380 e. The van der Waals surface area contributed by atoms with Gasteiger partial charge < -0.3 is 15.0 Å². The van der Waals surface area contributed by atoms with Crippen LogP contribution >= 0.6 is 11.6 Å². The lowest BCUT2D eigenvalue weighted by Crippen LogP contribution is -2.39. The summed E-state index contributed by atoms with van der Waals surface area (Å²) < 4.78 is 5.49. The molecule has 1 aromatic carbocycles. The third kappa shape index (κ3) is 4.87. The van der Waals surface area contributed by atoms with E-state index in [1.54, 1.807) is 7.11 Å². The molecule has 118 valence electrons. The van der Waals surface area contributed by atoms with E-state index < -0.39 is 0 Å². The second-order valence-corrected chi connectivity index (χ2v) is 7.23. The van der Waals surface area contributed by atoms with E-state index >= 15 is 0 Å². The third-order valence-electron chi connectivity index (χ3n) is 3.92. The number of halogens is 1. The van der Waals surface area contributed by atoms with Gasteiger partial charge in [-0.1, -0.05) is 17.7 Å². The van der Waals surface area contributed by atoms with E-state index in [4.69, 9.17) is 16.3 Å². The molecule has 0 aromatic heterocycles. The standard InChI is InChI=1S/C17H27ClN2O/c1-17(2,3)19-11-13-7-8-14(10-16(13)18)20-9-5-6-15(12-20)21-4/h7-8,10,15,19H,5-6,9,11-12H2,1-4H3. The van der Waals surface area contributed by atoms with Crippen LogP contribution in [0.5, 0.6) is 0 Å². The Morgan fingerprint density at radius 1 is 1.38 bits per heavy atom. The zero-order valence-corrected chi connectivity index (χ0v) is 14.3. The van der Waals surface area contributed by atoms with Crippen LogP contribution in [-0.4, -0.2) is 31.8 Å². The van der Waals surface area contributed by atoms with E-state index in [2.05, 4.69) is 49.2 Å². The van der Waals surface area contributed by atoms with Crippen LogP contribution in [0.15, 0.2) is 18.2 Å². The van der Waals surface area contributed by atoms with E-state index in [1.807, 2.05) is 0 Å². The molecule has 1 unspecified atom stereocenters. The van der Waals surface area contributed by atoms with E-state index in [-0.39, 0.29) is 5.54 Å². The molecule has 1 fully saturated rings. The molecule has 1 saturated heterocycles. The number of ether oxygens (including phenoxy) is 1. The van der Waals surface area contributed by atoms with Crippen LogP contribution in [0, 0.1) is 0 Å². The highest BCUT2D eigenvalue weighted by atomic mass is 35.5. The van der Waals surface area contributed by atoms with E-state index in [0.717, 1.165) is 36.6 Å². The van der Waals surface area contributed by atoms with Crippen molar-refractivity contribution in [1.29, 1.82) is 0 Å². The van der Waals surface area contributed by atoms with Gasteiger partial charge in [-0.25, -0.2) is 0 Å². The summed E-state index contributed by atoms with van der Waals surface area (Å²) in [4.78, 5) is 2.37. The topological polar surface area (TPSA) is 24.5 Å². The second kappa shape index (κ2) is 6.99. The van der Waals surface area contributed by atoms with Crippen molar-refractivity contribution < 1.29 is 4.74 Å². The molecule has 3 nitrogen and oxygen atoms in total. The molecule has 21 heavy (non-hydrogen) atoms. The Morgan fingerprint density at radius 2 is 2.14 bits per heavy atom. The van der Waals surface area contributed by atoms with Crippen molar-refractivity contribution in [3.8, 4) is 0 Å². The molecule has 0 saturated carbocycles. The summed E-state index contributed by atoms with van der Waals surface area (Å²) in [6.07, 6.45) is 2.65. The van der Waals surface area contributed by atoms with Gasteiger partial charge in [-0.2, -0.15) is 0 Å². The second-order valence-electron chi connectivity index (χ2n) is 6.83. The monoisotopic (exact) mass is 310 g/mol. The number of anilines is 1. The van der Waals surface area contributed by atoms with Crippen LogP contribution in [-0.2, 0) is 11.3 Å². The van der Waals surface area contributed by atoms with Gasteiger partial charge in [-0.15, -0.1) is 0 Å². The van der Waals surface area contributed by atoms with Crippen molar-refractivity contribution in [3.05, 3.63) is 28.8 Å². The molecule has 1 N–H and O–H groups in total. The number of hydrogen-bond donors (Lipinski definition) is 1. The minimum absolute atomic E-state index is 0.0978. The number of rotatable bonds is 4. The van der Waals surface area contributed by atoms with Crippen LogP contribution in [0.25, 0.3) is 0 Å². The quantitative estimate of drug-likeness (QED) is 0.914. The van der Waals surface area contributed by atoms with Crippen LogP contribution in [0.4, 0.5) is 5.69 Å². The number of nitrogens with one attached hydrogen (secondary N) is 1. The van der Waals surface area contributed by atoms with Crippen molar-refractivity contribution in [2.24, 2.45) is 0 Å². The summed E-state index contributed by atoms with van der Waals surface area (Å²) in [6.45, 7) is 9.31. The minimum atomic E-state index is 0.0978. The van der Waals surface area contributed by atoms with Gasteiger partial charge in [0.2, 0.25) is 0 Å². The van der Waals surface area contributed by atoms with Gasteiger partial charge in [0.15, 0.2) is 0 Å². The first-order valence-electron chi connectivity index (χ1n) is 7.70.